The van der Waals surface area contributed by atoms with Crippen molar-refractivity contribution >= 4 is 0 Å². The number of alkyl halides is 3. The van der Waals surface area contributed by atoms with Crippen LogP contribution >= 0.6 is 0 Å². The molecule has 2 N–H and O–H groups in total. The van der Waals surface area contributed by atoms with Crippen LogP contribution in [0.15, 0.2) is 24.3 Å². The van der Waals surface area contributed by atoms with Crippen LogP contribution in [-0.4, -0.2) is 6.36 Å². The van der Waals surface area contributed by atoms with Gasteiger partial charge >= 0.3 is 6.36 Å². The molecular weight excluding hydrogens is 243 g/mol. The standard InChI is InChI=1S/C13H18F3NO/c1-2-3-4-8-12(17)10-6-5-7-11(9-10)18-13(14,15)16/h5-7,9,12H,2-4,8,17H2,1H3/t12-/m0/s1. The van der Waals surface area contributed by atoms with Gasteiger partial charge in [-0.25, -0.2) is 0 Å². The maximum Gasteiger partial charge on any atom is 0.573 e. The third-order valence-electron chi connectivity index (χ3n) is 2.64. The van der Waals surface area contributed by atoms with Gasteiger partial charge in [0.05, 0.1) is 0 Å². The molecule has 102 valence electrons. The molecule has 0 spiro atoms. The number of hydrogen-bond acceptors (Lipinski definition) is 2. The predicted octanol–water partition coefficient (Wildman–Crippen LogP) is 4.17. The van der Waals surface area contributed by atoms with Crippen LogP contribution in [0.5, 0.6) is 5.75 Å². The van der Waals surface area contributed by atoms with Gasteiger partial charge in [0.2, 0.25) is 0 Å². The van der Waals surface area contributed by atoms with Crippen LogP contribution < -0.4 is 10.5 Å². The highest BCUT2D eigenvalue weighted by molar-refractivity contribution is 5.30. The summed E-state index contributed by atoms with van der Waals surface area (Å²) in [4.78, 5) is 0. The lowest BCUT2D eigenvalue weighted by molar-refractivity contribution is -0.274. The average molecular weight is 261 g/mol. The maximum absolute atomic E-state index is 12.1. The number of ether oxygens (including phenoxy) is 1. The van der Waals surface area contributed by atoms with E-state index in [-0.39, 0.29) is 11.8 Å². The minimum Gasteiger partial charge on any atom is -0.406 e. The van der Waals surface area contributed by atoms with Gasteiger partial charge in [0.1, 0.15) is 5.75 Å². The van der Waals surface area contributed by atoms with Gasteiger partial charge in [0, 0.05) is 6.04 Å². The van der Waals surface area contributed by atoms with Crippen molar-refractivity contribution in [2.75, 3.05) is 0 Å². The molecule has 0 bridgehead atoms. The van der Waals surface area contributed by atoms with Crippen molar-refractivity contribution in [3.8, 4) is 5.75 Å². The van der Waals surface area contributed by atoms with Crippen LogP contribution in [0.1, 0.15) is 44.2 Å². The fraction of sp³-hybridized carbons (Fsp3) is 0.538. The van der Waals surface area contributed by atoms with Crippen LogP contribution in [-0.2, 0) is 0 Å². The van der Waals surface area contributed by atoms with Crippen molar-refractivity contribution in [3.63, 3.8) is 0 Å². The monoisotopic (exact) mass is 261 g/mol. The minimum absolute atomic E-state index is 0.217. The van der Waals surface area contributed by atoms with Gasteiger partial charge in [-0.05, 0) is 24.1 Å². The first-order valence-corrected chi connectivity index (χ1v) is 6.03. The fourth-order valence-corrected chi connectivity index (χ4v) is 1.72. The summed E-state index contributed by atoms with van der Waals surface area (Å²) in [6.07, 6.45) is -0.757. The lowest BCUT2D eigenvalue weighted by Crippen LogP contribution is -2.17. The van der Waals surface area contributed by atoms with Gasteiger partial charge in [-0.1, -0.05) is 38.3 Å². The van der Waals surface area contributed by atoms with E-state index in [1.54, 1.807) is 6.07 Å². The first-order chi connectivity index (χ1) is 8.42. The second-order valence-electron chi connectivity index (χ2n) is 4.22. The lowest BCUT2D eigenvalue weighted by atomic mass is 10.0. The Morgan fingerprint density at radius 1 is 1.28 bits per heavy atom. The Morgan fingerprint density at radius 3 is 2.61 bits per heavy atom. The number of halogens is 3. The Hall–Kier alpha value is -1.23. The number of unbranched alkanes of at least 4 members (excludes halogenated alkanes) is 2. The van der Waals surface area contributed by atoms with E-state index in [9.17, 15) is 13.2 Å². The Morgan fingerprint density at radius 2 is 2.00 bits per heavy atom. The van der Waals surface area contributed by atoms with E-state index >= 15 is 0 Å². The molecule has 1 rings (SSSR count). The van der Waals surface area contributed by atoms with Crippen LogP contribution in [0, 0.1) is 0 Å². The van der Waals surface area contributed by atoms with E-state index in [0.29, 0.717) is 5.56 Å². The SMILES string of the molecule is CCCCC[C@H](N)c1cccc(OC(F)(F)F)c1. The summed E-state index contributed by atoms with van der Waals surface area (Å²) in [5.74, 6) is -0.217. The van der Waals surface area contributed by atoms with Crippen LogP contribution in [0.2, 0.25) is 0 Å². The van der Waals surface area contributed by atoms with Crippen molar-refractivity contribution in [2.45, 2.75) is 45.0 Å². The highest BCUT2D eigenvalue weighted by Gasteiger charge is 2.31. The van der Waals surface area contributed by atoms with Crippen molar-refractivity contribution < 1.29 is 17.9 Å². The summed E-state index contributed by atoms with van der Waals surface area (Å²) in [6, 6.07) is 5.63. The molecule has 1 aromatic rings. The number of nitrogens with two attached hydrogens (primary N) is 1. The zero-order valence-electron chi connectivity index (χ0n) is 10.3. The van der Waals surface area contributed by atoms with Crippen LogP contribution in [0.25, 0.3) is 0 Å². The molecule has 1 atom stereocenters. The van der Waals surface area contributed by atoms with E-state index in [2.05, 4.69) is 11.7 Å². The van der Waals surface area contributed by atoms with E-state index < -0.39 is 6.36 Å². The highest BCUT2D eigenvalue weighted by Crippen LogP contribution is 2.26. The van der Waals surface area contributed by atoms with Gasteiger partial charge in [0.25, 0.3) is 0 Å². The summed E-state index contributed by atoms with van der Waals surface area (Å²) in [6.45, 7) is 2.09. The highest BCUT2D eigenvalue weighted by atomic mass is 19.4. The van der Waals surface area contributed by atoms with E-state index in [4.69, 9.17) is 5.73 Å². The molecule has 0 radical (unpaired) electrons. The first-order valence-electron chi connectivity index (χ1n) is 6.03. The van der Waals surface area contributed by atoms with E-state index in [1.165, 1.54) is 18.2 Å². The Kier molecular flexibility index (Phi) is 5.47. The van der Waals surface area contributed by atoms with Crippen molar-refractivity contribution in [2.24, 2.45) is 5.73 Å². The second kappa shape index (κ2) is 6.64. The van der Waals surface area contributed by atoms with Crippen LogP contribution in [0.4, 0.5) is 13.2 Å². The predicted molar refractivity (Wildman–Crippen MR) is 64.2 cm³/mol. The minimum atomic E-state index is -4.66. The molecule has 0 aliphatic carbocycles. The van der Waals surface area contributed by atoms with Gasteiger partial charge in [-0.2, -0.15) is 0 Å². The lowest BCUT2D eigenvalue weighted by Gasteiger charge is -2.14. The molecule has 5 heteroatoms. The molecule has 1 aromatic carbocycles. The summed E-state index contributed by atoms with van der Waals surface area (Å²) >= 11 is 0. The van der Waals surface area contributed by atoms with Gasteiger partial charge < -0.3 is 10.5 Å². The van der Waals surface area contributed by atoms with Gasteiger partial charge in [-0.3, -0.25) is 0 Å². The van der Waals surface area contributed by atoms with Crippen molar-refractivity contribution in [3.05, 3.63) is 29.8 Å². The Balaban J connectivity index is 2.63. The Labute approximate surface area is 105 Å². The smallest absolute Gasteiger partial charge is 0.406 e. The molecule has 0 amide bonds. The summed E-state index contributed by atoms with van der Waals surface area (Å²) in [7, 11) is 0. The van der Waals surface area contributed by atoms with E-state index in [1.807, 2.05) is 0 Å². The molecule has 2 nitrogen and oxygen atoms in total. The molecule has 0 fully saturated rings. The molecule has 18 heavy (non-hydrogen) atoms. The number of rotatable bonds is 6. The quantitative estimate of drug-likeness (QED) is 0.780. The third-order valence-corrected chi connectivity index (χ3v) is 2.64. The molecular formula is C13H18F3NO. The molecule has 0 saturated heterocycles. The number of benzene rings is 1. The molecule has 0 saturated carbocycles. The topological polar surface area (TPSA) is 35.2 Å². The average Bonchev–Trinajstić information content (AvgIpc) is 2.27. The second-order valence-corrected chi connectivity index (χ2v) is 4.22. The largest absolute Gasteiger partial charge is 0.573 e. The maximum atomic E-state index is 12.1. The van der Waals surface area contributed by atoms with Gasteiger partial charge in [0.15, 0.2) is 0 Å². The Bertz CT molecular complexity index is 365. The zero-order valence-corrected chi connectivity index (χ0v) is 10.3. The summed E-state index contributed by atoms with van der Waals surface area (Å²) < 4.78 is 40.1. The zero-order chi connectivity index (χ0) is 13.6. The van der Waals surface area contributed by atoms with Crippen molar-refractivity contribution in [1.29, 1.82) is 0 Å². The fourth-order valence-electron chi connectivity index (χ4n) is 1.72. The third kappa shape index (κ3) is 5.40. The molecule has 0 unspecified atom stereocenters. The molecule has 0 aliphatic heterocycles. The van der Waals surface area contributed by atoms with Crippen LogP contribution in [0.3, 0.4) is 0 Å². The molecule has 0 aliphatic rings. The molecule has 0 heterocycles. The van der Waals surface area contributed by atoms with Crippen molar-refractivity contribution in [1.82, 2.24) is 0 Å². The molecule has 0 aromatic heterocycles. The normalized spacial score (nSPS) is 13.4. The van der Waals surface area contributed by atoms with E-state index in [0.717, 1.165) is 25.7 Å². The summed E-state index contributed by atoms with van der Waals surface area (Å²) in [5, 5.41) is 0. The summed E-state index contributed by atoms with van der Waals surface area (Å²) in [5.41, 5.74) is 6.61. The first kappa shape index (κ1) is 14.8. The number of hydrogen-bond donors (Lipinski definition) is 1. The van der Waals surface area contributed by atoms with Gasteiger partial charge in [-0.15, -0.1) is 13.2 Å².